The number of halogens is 6. The predicted octanol–water partition coefficient (Wildman–Crippen LogP) is 3.37. The van der Waals surface area contributed by atoms with Crippen LogP contribution in [0.4, 0.5) is 27.8 Å². The van der Waals surface area contributed by atoms with Gasteiger partial charge in [0.05, 0.1) is 11.3 Å². The number of hydrogen-bond acceptors (Lipinski definition) is 6. The molecule has 0 aliphatic carbocycles. The molecule has 0 saturated carbocycles. The van der Waals surface area contributed by atoms with E-state index in [-0.39, 0.29) is 12.4 Å². The lowest BCUT2D eigenvalue weighted by Crippen LogP contribution is -2.18. The molecule has 0 aromatic carbocycles. The summed E-state index contributed by atoms with van der Waals surface area (Å²) in [4.78, 5) is 10.3. The lowest BCUT2D eigenvalue weighted by atomic mass is 10.3. The summed E-state index contributed by atoms with van der Waals surface area (Å²) in [6.07, 6.45) is -6.33. The third-order valence-electron chi connectivity index (χ3n) is 3.07. The molecule has 6 nitrogen and oxygen atoms in total. The fourth-order valence-corrected chi connectivity index (χ4v) is 3.11. The second-order valence-electron chi connectivity index (χ2n) is 4.85. The first-order valence-electron chi connectivity index (χ1n) is 6.81. The van der Waals surface area contributed by atoms with Crippen molar-refractivity contribution >= 4 is 27.3 Å². The zero-order valence-electron chi connectivity index (χ0n) is 12.6. The van der Waals surface area contributed by atoms with Gasteiger partial charge in [0, 0.05) is 12.7 Å². The maximum atomic E-state index is 12.7. The lowest BCUT2D eigenvalue weighted by molar-refractivity contribution is -0.137. The van der Waals surface area contributed by atoms with Crippen molar-refractivity contribution < 1.29 is 30.4 Å². The van der Waals surface area contributed by atoms with Gasteiger partial charge in [-0.3, -0.25) is 0 Å². The number of alkyl halides is 5. The SMILES string of the molecule is O=S(=O)(CCNc1ncnc(C(F)F)c1Cl)c1ccc(C(F)(F)F)cn1. The van der Waals surface area contributed by atoms with Gasteiger partial charge in [0.1, 0.15) is 22.9 Å². The Kier molecular flexibility index (Phi) is 5.96. The van der Waals surface area contributed by atoms with Gasteiger partial charge in [-0.2, -0.15) is 13.2 Å². The van der Waals surface area contributed by atoms with E-state index in [9.17, 15) is 30.4 Å². The summed E-state index contributed by atoms with van der Waals surface area (Å²) in [6.45, 7) is -0.287. The Labute approximate surface area is 149 Å². The molecule has 0 spiro atoms. The molecular weight excluding hydrogens is 407 g/mol. The van der Waals surface area contributed by atoms with Gasteiger partial charge in [0.2, 0.25) is 0 Å². The van der Waals surface area contributed by atoms with E-state index < -0.39 is 49.5 Å². The monoisotopic (exact) mass is 416 g/mol. The first-order chi connectivity index (χ1) is 12.0. The number of pyridine rings is 1. The number of hydrogen-bond donors (Lipinski definition) is 1. The predicted molar refractivity (Wildman–Crippen MR) is 81.8 cm³/mol. The van der Waals surface area contributed by atoms with Gasteiger partial charge in [0.15, 0.2) is 14.9 Å². The molecule has 0 radical (unpaired) electrons. The smallest absolute Gasteiger partial charge is 0.368 e. The number of nitrogens with zero attached hydrogens (tertiary/aromatic N) is 3. The van der Waals surface area contributed by atoms with Crippen molar-refractivity contribution in [2.24, 2.45) is 0 Å². The van der Waals surface area contributed by atoms with Crippen LogP contribution in [0.1, 0.15) is 17.7 Å². The molecule has 0 unspecified atom stereocenters. The van der Waals surface area contributed by atoms with Crippen LogP contribution in [0.25, 0.3) is 0 Å². The number of nitrogens with one attached hydrogen (secondary N) is 1. The molecule has 13 heteroatoms. The molecule has 0 atom stereocenters. The number of sulfone groups is 1. The number of anilines is 1. The molecule has 1 N–H and O–H groups in total. The fraction of sp³-hybridized carbons (Fsp3) is 0.308. The topological polar surface area (TPSA) is 84.8 Å². The van der Waals surface area contributed by atoms with Gasteiger partial charge in [-0.1, -0.05) is 11.6 Å². The number of rotatable bonds is 6. The van der Waals surface area contributed by atoms with Crippen LogP contribution in [0, 0.1) is 0 Å². The Balaban J connectivity index is 2.06. The zero-order valence-corrected chi connectivity index (χ0v) is 14.2. The highest BCUT2D eigenvalue weighted by molar-refractivity contribution is 7.91. The largest absolute Gasteiger partial charge is 0.417 e. The summed E-state index contributed by atoms with van der Waals surface area (Å²) in [7, 11) is -4.01. The quantitative estimate of drug-likeness (QED) is 0.727. The molecule has 0 aliphatic heterocycles. The van der Waals surface area contributed by atoms with E-state index in [1.165, 1.54) is 0 Å². The highest BCUT2D eigenvalue weighted by Crippen LogP contribution is 2.30. The normalized spacial score (nSPS) is 12.4. The van der Waals surface area contributed by atoms with Crippen LogP contribution in [0.5, 0.6) is 0 Å². The third kappa shape index (κ3) is 4.75. The maximum Gasteiger partial charge on any atom is 0.417 e. The summed E-state index contributed by atoms with van der Waals surface area (Å²) in [6, 6.07) is 1.34. The molecule has 0 amide bonds. The minimum atomic E-state index is -4.64. The summed E-state index contributed by atoms with van der Waals surface area (Å²) < 4.78 is 86.9. The van der Waals surface area contributed by atoms with Crippen LogP contribution in [0.3, 0.4) is 0 Å². The molecule has 2 heterocycles. The first kappa shape index (κ1) is 20.2. The molecule has 2 aromatic rings. The van der Waals surface area contributed by atoms with Crippen LogP contribution in [0.2, 0.25) is 5.02 Å². The summed E-state index contributed by atoms with van der Waals surface area (Å²) in [5.74, 6) is -0.761. The highest BCUT2D eigenvalue weighted by atomic mass is 35.5. The van der Waals surface area contributed by atoms with Crippen LogP contribution < -0.4 is 5.32 Å². The van der Waals surface area contributed by atoms with Crippen LogP contribution in [-0.4, -0.2) is 35.7 Å². The van der Waals surface area contributed by atoms with E-state index in [1.807, 2.05) is 0 Å². The van der Waals surface area contributed by atoms with E-state index in [4.69, 9.17) is 11.6 Å². The summed E-state index contributed by atoms with van der Waals surface area (Å²) >= 11 is 5.70. The van der Waals surface area contributed by atoms with Crippen molar-refractivity contribution in [3.05, 3.63) is 40.9 Å². The van der Waals surface area contributed by atoms with Gasteiger partial charge >= 0.3 is 6.18 Å². The van der Waals surface area contributed by atoms with Crippen molar-refractivity contribution in [1.29, 1.82) is 0 Å². The van der Waals surface area contributed by atoms with Crippen LogP contribution in [-0.2, 0) is 16.0 Å². The lowest BCUT2D eigenvalue weighted by Gasteiger charge is -2.10. The van der Waals surface area contributed by atoms with E-state index in [0.29, 0.717) is 12.3 Å². The second-order valence-corrected chi connectivity index (χ2v) is 7.28. The molecule has 0 fully saturated rings. The van der Waals surface area contributed by atoms with Gasteiger partial charge in [0.25, 0.3) is 6.43 Å². The van der Waals surface area contributed by atoms with Crippen molar-refractivity contribution in [2.75, 3.05) is 17.6 Å². The Morgan fingerprint density at radius 1 is 1.15 bits per heavy atom. The van der Waals surface area contributed by atoms with Crippen molar-refractivity contribution in [1.82, 2.24) is 15.0 Å². The third-order valence-corrected chi connectivity index (χ3v) is 5.06. The van der Waals surface area contributed by atoms with E-state index >= 15 is 0 Å². The van der Waals surface area contributed by atoms with Crippen molar-refractivity contribution in [3.63, 3.8) is 0 Å². The summed E-state index contributed by atoms with van der Waals surface area (Å²) in [5.41, 5.74) is -1.79. The Hall–Kier alpha value is -2.08. The Bertz CT molecular complexity index is 875. The Morgan fingerprint density at radius 3 is 2.38 bits per heavy atom. The van der Waals surface area contributed by atoms with E-state index in [2.05, 4.69) is 20.3 Å². The van der Waals surface area contributed by atoms with E-state index in [0.717, 1.165) is 12.4 Å². The van der Waals surface area contributed by atoms with Gasteiger partial charge in [-0.25, -0.2) is 32.2 Å². The molecule has 142 valence electrons. The average Bonchev–Trinajstić information content (AvgIpc) is 2.55. The molecule has 0 saturated heterocycles. The number of aromatic nitrogens is 3. The fourth-order valence-electron chi connectivity index (χ4n) is 1.80. The molecule has 0 aliphatic rings. The maximum absolute atomic E-state index is 12.7. The van der Waals surface area contributed by atoms with Crippen LogP contribution in [0.15, 0.2) is 29.7 Å². The average molecular weight is 417 g/mol. The molecule has 2 rings (SSSR count). The standard InChI is InChI=1S/C13H10ClF5N4O2S/c14-9-10(11(15)16)22-6-23-12(9)20-3-4-26(24,25)8-2-1-7(5-21-8)13(17,18)19/h1-2,5-6,11H,3-4H2,(H,20,22,23). The molecule has 2 aromatic heterocycles. The van der Waals surface area contributed by atoms with Crippen LogP contribution >= 0.6 is 11.6 Å². The van der Waals surface area contributed by atoms with Crippen molar-refractivity contribution in [3.8, 4) is 0 Å². The van der Waals surface area contributed by atoms with E-state index in [1.54, 1.807) is 0 Å². The zero-order chi connectivity index (χ0) is 19.5. The molecular formula is C13H10ClF5N4O2S. The molecule has 0 bridgehead atoms. The van der Waals surface area contributed by atoms with Gasteiger partial charge in [-0.15, -0.1) is 0 Å². The summed E-state index contributed by atoms with van der Waals surface area (Å²) in [5, 5.41) is 1.47. The molecule has 26 heavy (non-hydrogen) atoms. The first-order valence-corrected chi connectivity index (χ1v) is 8.84. The highest BCUT2D eigenvalue weighted by Gasteiger charge is 2.31. The van der Waals surface area contributed by atoms with Crippen molar-refractivity contribution in [2.45, 2.75) is 17.6 Å². The Morgan fingerprint density at radius 2 is 1.85 bits per heavy atom. The second kappa shape index (κ2) is 7.66. The minimum absolute atomic E-state index is 0.187. The van der Waals surface area contributed by atoms with Gasteiger partial charge in [-0.05, 0) is 12.1 Å². The van der Waals surface area contributed by atoms with Gasteiger partial charge < -0.3 is 5.32 Å². The minimum Gasteiger partial charge on any atom is -0.368 e.